The number of hydrogen-bond acceptors (Lipinski definition) is 8. The Hall–Kier alpha value is -4.61. The van der Waals surface area contributed by atoms with Gasteiger partial charge in [0.2, 0.25) is 17.5 Å². The lowest BCUT2D eigenvalue weighted by atomic mass is 9.91. The molecule has 0 radical (unpaired) electrons. The zero-order chi connectivity index (χ0) is 33.8. The van der Waals surface area contributed by atoms with Crippen molar-refractivity contribution in [3.63, 3.8) is 0 Å². The maximum Gasteiger partial charge on any atom is 0.410 e. The number of carbonyl (C=O) groups excluding carboxylic acids is 5. The second-order valence-corrected chi connectivity index (χ2v) is 12.2. The number of ether oxygens (including phenoxy) is 3. The summed E-state index contributed by atoms with van der Waals surface area (Å²) in [6.45, 7) is 5.29. The van der Waals surface area contributed by atoms with Crippen LogP contribution in [-0.2, 0) is 30.5 Å². The molecule has 254 valence electrons. The van der Waals surface area contributed by atoms with Gasteiger partial charge in [-0.2, -0.15) is 0 Å². The van der Waals surface area contributed by atoms with Gasteiger partial charge in [0.1, 0.15) is 12.4 Å². The van der Waals surface area contributed by atoms with Crippen LogP contribution in [0.5, 0.6) is 5.75 Å². The molecule has 2 aromatic carbocycles. The highest BCUT2D eigenvalue weighted by atomic mass is 16.6. The van der Waals surface area contributed by atoms with Gasteiger partial charge in [-0.1, -0.05) is 30.3 Å². The molecule has 12 heteroatoms. The third-order valence-electron chi connectivity index (χ3n) is 8.76. The van der Waals surface area contributed by atoms with Crippen LogP contribution in [0.1, 0.15) is 68.3 Å². The van der Waals surface area contributed by atoms with E-state index in [1.807, 2.05) is 30.3 Å². The molecule has 47 heavy (non-hydrogen) atoms. The third-order valence-corrected chi connectivity index (χ3v) is 8.76. The number of carbonyl (C=O) groups is 5. The normalized spacial score (nSPS) is 18.0. The van der Waals surface area contributed by atoms with Gasteiger partial charge >= 0.3 is 12.1 Å². The lowest BCUT2D eigenvalue weighted by Gasteiger charge is -2.36. The van der Waals surface area contributed by atoms with E-state index >= 15 is 0 Å². The van der Waals surface area contributed by atoms with Crippen molar-refractivity contribution in [3.8, 4) is 5.75 Å². The number of nitrogens with one attached hydrogen (secondary N) is 2. The van der Waals surface area contributed by atoms with Gasteiger partial charge in [-0.15, -0.1) is 0 Å². The van der Waals surface area contributed by atoms with E-state index in [0.717, 1.165) is 18.4 Å². The molecule has 0 unspecified atom stereocenters. The minimum absolute atomic E-state index is 0.0202. The molecule has 2 aliphatic heterocycles. The van der Waals surface area contributed by atoms with Crippen LogP contribution in [0.4, 0.5) is 4.79 Å². The van der Waals surface area contributed by atoms with E-state index < -0.39 is 29.4 Å². The Bertz CT molecular complexity index is 1380. The first-order valence-corrected chi connectivity index (χ1v) is 16.3. The lowest BCUT2D eigenvalue weighted by molar-refractivity contribution is -0.154. The van der Waals surface area contributed by atoms with Crippen LogP contribution in [0, 0.1) is 11.8 Å². The van der Waals surface area contributed by atoms with E-state index in [0.29, 0.717) is 57.0 Å². The molecule has 0 aliphatic carbocycles. The molecule has 0 aromatic heterocycles. The molecule has 2 N–H and O–H groups in total. The molecule has 2 fully saturated rings. The summed E-state index contributed by atoms with van der Waals surface area (Å²) in [5.41, 5.74) is -0.603. The summed E-state index contributed by atoms with van der Waals surface area (Å²) in [4.78, 5) is 68.5. The largest absolute Gasteiger partial charge is 0.497 e. The van der Waals surface area contributed by atoms with E-state index in [1.165, 1.54) is 14.0 Å². The highest BCUT2D eigenvalue weighted by Gasteiger charge is 2.41. The van der Waals surface area contributed by atoms with E-state index in [2.05, 4.69) is 10.6 Å². The average molecular weight is 651 g/mol. The Morgan fingerprint density at radius 2 is 1.57 bits per heavy atom. The van der Waals surface area contributed by atoms with Gasteiger partial charge in [0.15, 0.2) is 0 Å². The Morgan fingerprint density at radius 3 is 2.23 bits per heavy atom. The number of methoxy groups -OCH3 is 1. The number of hydrogen-bond donors (Lipinski definition) is 2. The summed E-state index contributed by atoms with van der Waals surface area (Å²) in [5.74, 6) is -1.49. The van der Waals surface area contributed by atoms with Crippen molar-refractivity contribution in [3.05, 3.63) is 65.7 Å². The summed E-state index contributed by atoms with van der Waals surface area (Å²) >= 11 is 0. The first-order chi connectivity index (χ1) is 22.6. The number of benzene rings is 2. The van der Waals surface area contributed by atoms with Crippen molar-refractivity contribution >= 4 is 29.8 Å². The SMILES string of the molecule is CCOC(=O)[C@@](C)(NC(=O)c1ccc(OC)cc1)NC(=O)[C@@H]1CCCN(C(=O)CCC2CCN(C(=O)OCc3ccccc3)CC2)C1. The van der Waals surface area contributed by atoms with Gasteiger partial charge < -0.3 is 34.6 Å². The number of piperidine rings is 2. The van der Waals surface area contributed by atoms with Crippen LogP contribution in [-0.4, -0.2) is 85.1 Å². The molecule has 0 saturated carbocycles. The average Bonchev–Trinajstić information content (AvgIpc) is 3.10. The molecular weight excluding hydrogens is 604 g/mol. The summed E-state index contributed by atoms with van der Waals surface area (Å²) in [7, 11) is 1.52. The molecule has 12 nitrogen and oxygen atoms in total. The third kappa shape index (κ3) is 9.94. The van der Waals surface area contributed by atoms with E-state index in [-0.39, 0.29) is 37.3 Å². The van der Waals surface area contributed by atoms with E-state index in [4.69, 9.17) is 14.2 Å². The standard InChI is InChI=1S/C35H46N4O8/c1-4-46-33(43)35(2,36-31(41)27-13-15-29(45-3)16-14-27)37-32(42)28-11-8-20-39(23-28)30(40)17-12-25-18-21-38(22-19-25)34(44)47-24-26-9-6-5-7-10-26/h5-7,9-10,13-16,25,28H,4,8,11-12,17-24H2,1-3H3,(H,36,41)(H,37,42)/t28-,35+/m1/s1. The lowest BCUT2D eigenvalue weighted by Crippen LogP contribution is -2.65. The van der Waals surface area contributed by atoms with Gasteiger partial charge in [0.25, 0.3) is 5.91 Å². The number of likely N-dealkylation sites (tertiary alicyclic amines) is 2. The Morgan fingerprint density at radius 1 is 0.872 bits per heavy atom. The molecular formula is C35H46N4O8. The highest BCUT2D eigenvalue weighted by Crippen LogP contribution is 2.25. The molecule has 4 rings (SSSR count). The summed E-state index contributed by atoms with van der Waals surface area (Å²) < 4.78 is 15.8. The van der Waals surface area contributed by atoms with Crippen molar-refractivity contribution in [2.45, 2.75) is 64.6 Å². The molecule has 2 aliphatic rings. The molecule has 2 heterocycles. The second-order valence-electron chi connectivity index (χ2n) is 12.2. The maximum absolute atomic E-state index is 13.4. The molecule has 0 spiro atoms. The summed E-state index contributed by atoms with van der Waals surface area (Å²) in [6.07, 6.45) is 3.52. The number of rotatable bonds is 12. The van der Waals surface area contributed by atoms with E-state index in [9.17, 15) is 24.0 Å². The van der Waals surface area contributed by atoms with Gasteiger partial charge in [-0.25, -0.2) is 9.59 Å². The van der Waals surface area contributed by atoms with Gasteiger partial charge in [-0.05, 0) is 81.7 Å². The first kappa shape index (κ1) is 35.2. The van der Waals surface area contributed by atoms with Crippen LogP contribution < -0.4 is 15.4 Å². The van der Waals surface area contributed by atoms with E-state index in [1.54, 1.807) is 41.0 Å². The van der Waals surface area contributed by atoms with Crippen LogP contribution in [0.25, 0.3) is 0 Å². The fourth-order valence-electron chi connectivity index (χ4n) is 5.92. The van der Waals surface area contributed by atoms with Crippen LogP contribution in [0.2, 0.25) is 0 Å². The van der Waals surface area contributed by atoms with Gasteiger partial charge in [0.05, 0.1) is 19.6 Å². The predicted octanol–water partition coefficient (Wildman–Crippen LogP) is 3.89. The molecule has 4 amide bonds. The van der Waals surface area contributed by atoms with Crippen molar-refractivity contribution in [1.29, 1.82) is 0 Å². The van der Waals surface area contributed by atoms with Crippen molar-refractivity contribution in [1.82, 2.24) is 20.4 Å². The Kier molecular flexibility index (Phi) is 12.6. The summed E-state index contributed by atoms with van der Waals surface area (Å²) in [6, 6.07) is 15.9. The molecule has 2 saturated heterocycles. The predicted molar refractivity (Wildman–Crippen MR) is 173 cm³/mol. The minimum atomic E-state index is -1.82. The van der Waals surface area contributed by atoms with Crippen LogP contribution in [0.15, 0.2) is 54.6 Å². The number of esters is 1. The first-order valence-electron chi connectivity index (χ1n) is 16.3. The monoisotopic (exact) mass is 650 g/mol. The Balaban J connectivity index is 1.24. The number of amides is 4. The smallest absolute Gasteiger partial charge is 0.410 e. The maximum atomic E-state index is 13.4. The van der Waals surface area contributed by atoms with Crippen molar-refractivity contribution in [2.24, 2.45) is 11.8 Å². The zero-order valence-electron chi connectivity index (χ0n) is 27.5. The molecule has 0 bridgehead atoms. The highest BCUT2D eigenvalue weighted by molar-refractivity contribution is 5.99. The van der Waals surface area contributed by atoms with Crippen LogP contribution in [0.3, 0.4) is 0 Å². The molecule has 2 aromatic rings. The quantitative estimate of drug-likeness (QED) is 0.260. The van der Waals surface area contributed by atoms with Crippen molar-refractivity contribution < 1.29 is 38.2 Å². The fourth-order valence-corrected chi connectivity index (χ4v) is 5.92. The van der Waals surface area contributed by atoms with Crippen molar-refractivity contribution in [2.75, 3.05) is 39.9 Å². The number of nitrogens with zero attached hydrogens (tertiary/aromatic N) is 2. The minimum Gasteiger partial charge on any atom is -0.497 e. The topological polar surface area (TPSA) is 144 Å². The second kappa shape index (κ2) is 16.8. The fraction of sp³-hybridized carbons (Fsp3) is 0.514. The Labute approximate surface area is 276 Å². The summed E-state index contributed by atoms with van der Waals surface area (Å²) in [5, 5.41) is 5.31. The molecule has 2 atom stereocenters. The zero-order valence-corrected chi connectivity index (χ0v) is 27.5. The van der Waals surface area contributed by atoms with Gasteiger partial charge in [0, 0.05) is 38.2 Å². The van der Waals surface area contributed by atoms with Gasteiger partial charge in [-0.3, -0.25) is 14.4 Å². The van der Waals surface area contributed by atoms with Crippen LogP contribution >= 0.6 is 0 Å².